The number of hydrogen-bond acceptors (Lipinski definition) is 4. The molecular formula is C14H19N3O3. The number of aromatic carboxylic acids is 1. The molecule has 1 fully saturated rings. The summed E-state index contributed by atoms with van der Waals surface area (Å²) in [5, 5.41) is 12.0. The van der Waals surface area contributed by atoms with E-state index in [1.807, 2.05) is 18.7 Å². The van der Waals surface area contributed by atoms with Crippen LogP contribution in [0.25, 0.3) is 0 Å². The molecule has 0 radical (unpaired) electrons. The number of aromatic nitrogens is 1. The first-order chi connectivity index (χ1) is 9.47. The topological polar surface area (TPSA) is 82.5 Å². The maximum Gasteiger partial charge on any atom is 0.335 e. The Balaban J connectivity index is 2.34. The number of carbonyl (C=O) groups excluding carboxylic acids is 1. The second-order valence-electron chi connectivity index (χ2n) is 5.19. The van der Waals surface area contributed by atoms with E-state index < -0.39 is 5.97 Å². The van der Waals surface area contributed by atoms with Gasteiger partial charge in [-0.15, -0.1) is 0 Å². The van der Waals surface area contributed by atoms with Crippen LogP contribution in [0.1, 0.15) is 42.2 Å². The van der Waals surface area contributed by atoms with Crippen LogP contribution in [-0.4, -0.2) is 41.6 Å². The van der Waals surface area contributed by atoms with E-state index in [1.165, 1.54) is 0 Å². The molecule has 1 aliphatic rings. The maximum atomic E-state index is 11.4. The largest absolute Gasteiger partial charge is 0.478 e. The van der Waals surface area contributed by atoms with Crippen LogP contribution >= 0.6 is 0 Å². The van der Waals surface area contributed by atoms with Crippen molar-refractivity contribution >= 4 is 17.7 Å². The molecule has 1 aromatic rings. The van der Waals surface area contributed by atoms with Crippen molar-refractivity contribution in [2.45, 2.75) is 26.2 Å². The number of carbonyl (C=O) groups is 2. The molecule has 1 saturated heterocycles. The molecule has 108 valence electrons. The van der Waals surface area contributed by atoms with E-state index in [4.69, 9.17) is 0 Å². The van der Waals surface area contributed by atoms with E-state index in [0.717, 1.165) is 5.69 Å². The lowest BCUT2D eigenvalue weighted by atomic mass is 10.1. The smallest absolute Gasteiger partial charge is 0.335 e. The molecule has 0 aromatic carbocycles. The molecule has 0 bridgehead atoms. The number of carboxylic acid groups (broad SMARTS) is 1. The second kappa shape index (κ2) is 5.90. The van der Waals surface area contributed by atoms with Gasteiger partial charge in [-0.1, -0.05) is 13.8 Å². The first-order valence-corrected chi connectivity index (χ1v) is 6.74. The summed E-state index contributed by atoms with van der Waals surface area (Å²) in [6.07, 6.45) is 0.399. The van der Waals surface area contributed by atoms with Crippen molar-refractivity contribution in [1.82, 2.24) is 10.3 Å². The summed E-state index contributed by atoms with van der Waals surface area (Å²) in [4.78, 5) is 29.1. The minimum Gasteiger partial charge on any atom is -0.478 e. The van der Waals surface area contributed by atoms with Gasteiger partial charge in [-0.05, 0) is 18.1 Å². The summed E-state index contributed by atoms with van der Waals surface area (Å²) in [6, 6.07) is 3.18. The van der Waals surface area contributed by atoms with E-state index in [-0.39, 0.29) is 17.4 Å². The van der Waals surface area contributed by atoms with Crippen molar-refractivity contribution in [2.24, 2.45) is 0 Å². The standard InChI is InChI=1S/C14H19N3O3/c1-9(2)11-7-10(14(19)20)8-12(16-11)17-5-3-13(18)15-4-6-17/h7-9H,3-6H2,1-2H3,(H,15,18)(H,19,20). The molecule has 0 saturated carbocycles. The van der Waals surface area contributed by atoms with Gasteiger partial charge in [-0.3, -0.25) is 4.79 Å². The number of carboxylic acids is 1. The van der Waals surface area contributed by atoms with Crippen LogP contribution in [0.2, 0.25) is 0 Å². The highest BCUT2D eigenvalue weighted by molar-refractivity contribution is 5.88. The van der Waals surface area contributed by atoms with Crippen molar-refractivity contribution < 1.29 is 14.7 Å². The quantitative estimate of drug-likeness (QED) is 0.868. The molecule has 0 atom stereocenters. The molecule has 20 heavy (non-hydrogen) atoms. The Bertz CT molecular complexity index is 528. The van der Waals surface area contributed by atoms with Gasteiger partial charge in [-0.2, -0.15) is 0 Å². The molecular weight excluding hydrogens is 258 g/mol. The highest BCUT2D eigenvalue weighted by Crippen LogP contribution is 2.21. The SMILES string of the molecule is CC(C)c1cc(C(=O)O)cc(N2CCNC(=O)CC2)n1. The summed E-state index contributed by atoms with van der Waals surface area (Å²) in [5.74, 6) is -0.157. The molecule has 1 amide bonds. The van der Waals surface area contributed by atoms with Gasteiger partial charge in [0.1, 0.15) is 5.82 Å². The maximum absolute atomic E-state index is 11.4. The van der Waals surface area contributed by atoms with Gasteiger partial charge in [-0.25, -0.2) is 9.78 Å². The van der Waals surface area contributed by atoms with E-state index in [1.54, 1.807) is 12.1 Å². The van der Waals surface area contributed by atoms with Gasteiger partial charge in [0, 0.05) is 31.7 Å². The van der Waals surface area contributed by atoms with Crippen LogP contribution in [-0.2, 0) is 4.79 Å². The van der Waals surface area contributed by atoms with E-state index >= 15 is 0 Å². The Hall–Kier alpha value is -2.11. The van der Waals surface area contributed by atoms with Gasteiger partial charge in [0.25, 0.3) is 0 Å². The van der Waals surface area contributed by atoms with Gasteiger partial charge >= 0.3 is 5.97 Å². The Morgan fingerprint density at radius 2 is 2.15 bits per heavy atom. The van der Waals surface area contributed by atoms with Crippen molar-refractivity contribution in [2.75, 3.05) is 24.5 Å². The number of hydrogen-bond donors (Lipinski definition) is 2. The Kier molecular flexibility index (Phi) is 4.22. The third-order valence-corrected chi connectivity index (χ3v) is 3.31. The van der Waals surface area contributed by atoms with Crippen molar-refractivity contribution in [1.29, 1.82) is 0 Å². The minimum atomic E-state index is -0.959. The van der Waals surface area contributed by atoms with Crippen molar-refractivity contribution in [3.8, 4) is 0 Å². The number of nitrogens with zero attached hydrogens (tertiary/aromatic N) is 2. The van der Waals surface area contributed by atoms with Crippen LogP contribution in [0.4, 0.5) is 5.82 Å². The van der Waals surface area contributed by atoms with Crippen LogP contribution in [0.15, 0.2) is 12.1 Å². The highest BCUT2D eigenvalue weighted by Gasteiger charge is 2.18. The Labute approximate surface area is 117 Å². The molecule has 0 aliphatic carbocycles. The first kappa shape index (κ1) is 14.3. The zero-order valence-corrected chi connectivity index (χ0v) is 11.7. The molecule has 0 unspecified atom stereocenters. The average Bonchev–Trinajstić information content (AvgIpc) is 2.63. The highest BCUT2D eigenvalue weighted by atomic mass is 16.4. The molecule has 2 rings (SSSR count). The number of anilines is 1. The monoisotopic (exact) mass is 277 g/mol. The fourth-order valence-corrected chi connectivity index (χ4v) is 2.11. The average molecular weight is 277 g/mol. The number of rotatable bonds is 3. The molecule has 2 N–H and O–H groups in total. The van der Waals surface area contributed by atoms with Crippen LogP contribution < -0.4 is 10.2 Å². The minimum absolute atomic E-state index is 0.0194. The number of amides is 1. The van der Waals surface area contributed by atoms with Crippen LogP contribution in [0, 0.1) is 0 Å². The third-order valence-electron chi connectivity index (χ3n) is 3.31. The molecule has 6 heteroatoms. The summed E-state index contributed by atoms with van der Waals surface area (Å²) < 4.78 is 0. The van der Waals surface area contributed by atoms with Gasteiger partial charge in [0.15, 0.2) is 0 Å². The number of nitrogens with one attached hydrogen (secondary N) is 1. The molecule has 1 aliphatic heterocycles. The lowest BCUT2D eigenvalue weighted by Crippen LogP contribution is -2.29. The lowest BCUT2D eigenvalue weighted by molar-refractivity contribution is -0.120. The van der Waals surface area contributed by atoms with Crippen LogP contribution in [0.5, 0.6) is 0 Å². The Morgan fingerprint density at radius 1 is 1.40 bits per heavy atom. The zero-order chi connectivity index (χ0) is 14.7. The molecule has 6 nitrogen and oxygen atoms in total. The molecule has 1 aromatic heterocycles. The Morgan fingerprint density at radius 3 is 2.80 bits per heavy atom. The van der Waals surface area contributed by atoms with E-state index in [0.29, 0.717) is 31.9 Å². The summed E-state index contributed by atoms with van der Waals surface area (Å²) in [5.41, 5.74) is 0.991. The summed E-state index contributed by atoms with van der Waals surface area (Å²) >= 11 is 0. The fourth-order valence-electron chi connectivity index (χ4n) is 2.11. The molecule has 2 heterocycles. The zero-order valence-electron chi connectivity index (χ0n) is 11.7. The molecule has 0 spiro atoms. The normalized spacial score (nSPS) is 15.9. The predicted octanol–water partition coefficient (Wildman–Crippen LogP) is 1.23. The second-order valence-corrected chi connectivity index (χ2v) is 5.19. The van der Waals surface area contributed by atoms with Gasteiger partial charge in [0.2, 0.25) is 5.91 Å². The van der Waals surface area contributed by atoms with Gasteiger partial charge in [0.05, 0.1) is 5.56 Å². The van der Waals surface area contributed by atoms with Crippen molar-refractivity contribution in [3.63, 3.8) is 0 Å². The third kappa shape index (κ3) is 3.26. The summed E-state index contributed by atoms with van der Waals surface area (Å²) in [6.45, 7) is 5.70. The van der Waals surface area contributed by atoms with Crippen LogP contribution in [0.3, 0.4) is 0 Å². The predicted molar refractivity (Wildman–Crippen MR) is 75.1 cm³/mol. The number of pyridine rings is 1. The fraction of sp³-hybridized carbons (Fsp3) is 0.500. The van der Waals surface area contributed by atoms with E-state index in [2.05, 4.69) is 10.3 Å². The lowest BCUT2D eigenvalue weighted by Gasteiger charge is -2.22. The first-order valence-electron chi connectivity index (χ1n) is 6.74. The summed E-state index contributed by atoms with van der Waals surface area (Å²) in [7, 11) is 0. The van der Waals surface area contributed by atoms with E-state index in [9.17, 15) is 14.7 Å². The van der Waals surface area contributed by atoms with Crippen molar-refractivity contribution in [3.05, 3.63) is 23.4 Å². The van der Waals surface area contributed by atoms with Gasteiger partial charge < -0.3 is 15.3 Å².